The van der Waals surface area contributed by atoms with Gasteiger partial charge in [-0.05, 0) is 60.9 Å². The number of hydrogen-bond donors (Lipinski definition) is 1. The van der Waals surface area contributed by atoms with Gasteiger partial charge in [0, 0.05) is 11.1 Å². The molecule has 170 valence electrons. The summed E-state index contributed by atoms with van der Waals surface area (Å²) in [6.45, 7) is 6.45. The van der Waals surface area contributed by atoms with E-state index >= 15 is 0 Å². The van der Waals surface area contributed by atoms with E-state index in [9.17, 15) is 0 Å². The topological polar surface area (TPSA) is 12.0 Å². The Hall–Kier alpha value is -3.84. The molecule has 4 rings (SSSR count). The van der Waals surface area contributed by atoms with Gasteiger partial charge in [0.25, 0.3) is 0 Å². The fourth-order valence-electron chi connectivity index (χ4n) is 4.44. The quantitative estimate of drug-likeness (QED) is 0.359. The highest BCUT2D eigenvalue weighted by Crippen LogP contribution is 2.37. The first kappa shape index (κ1) is 23.3. The molecule has 3 aromatic carbocycles. The largest absolute Gasteiger partial charge is 0.374 e. The molecule has 0 radical (unpaired) electrons. The molecule has 1 atom stereocenters. The predicted octanol–water partition coefficient (Wildman–Crippen LogP) is 9.36. The SMILES string of the molecule is C/C=C\C=C/C(=C(C)C)C(Nc1cccc2ccccc12)c1ccccc1C1=CCC=CC=C1. The first-order chi connectivity index (χ1) is 16.7. The second kappa shape index (κ2) is 11.3. The highest BCUT2D eigenvalue weighted by molar-refractivity contribution is 5.94. The van der Waals surface area contributed by atoms with E-state index in [2.05, 4.69) is 141 Å². The van der Waals surface area contributed by atoms with Gasteiger partial charge in [0.15, 0.2) is 0 Å². The molecule has 0 bridgehead atoms. The van der Waals surface area contributed by atoms with E-state index in [0.717, 1.165) is 12.1 Å². The first-order valence-corrected chi connectivity index (χ1v) is 12.0. The number of nitrogens with one attached hydrogen (secondary N) is 1. The monoisotopic (exact) mass is 443 g/mol. The minimum Gasteiger partial charge on any atom is -0.374 e. The average molecular weight is 444 g/mol. The summed E-state index contributed by atoms with van der Waals surface area (Å²) in [5.41, 5.74) is 7.50. The maximum Gasteiger partial charge on any atom is 0.0773 e. The lowest BCUT2D eigenvalue weighted by Gasteiger charge is -2.27. The van der Waals surface area contributed by atoms with Crippen molar-refractivity contribution in [2.24, 2.45) is 0 Å². The molecule has 3 aromatic rings. The summed E-state index contributed by atoms with van der Waals surface area (Å²) in [6, 6.07) is 23.9. The third-order valence-corrected chi connectivity index (χ3v) is 6.14. The fourth-order valence-corrected chi connectivity index (χ4v) is 4.44. The van der Waals surface area contributed by atoms with Crippen molar-refractivity contribution in [3.63, 3.8) is 0 Å². The lowest BCUT2D eigenvalue weighted by molar-refractivity contribution is 0.917. The smallest absolute Gasteiger partial charge is 0.0773 e. The van der Waals surface area contributed by atoms with E-state index in [-0.39, 0.29) is 6.04 Å². The van der Waals surface area contributed by atoms with E-state index in [4.69, 9.17) is 0 Å². The number of allylic oxidation sites excluding steroid dienone is 10. The van der Waals surface area contributed by atoms with E-state index in [1.165, 1.54) is 38.6 Å². The number of hydrogen-bond acceptors (Lipinski definition) is 1. The first-order valence-electron chi connectivity index (χ1n) is 12.0. The average Bonchev–Trinajstić information content (AvgIpc) is 3.15. The zero-order valence-corrected chi connectivity index (χ0v) is 20.3. The van der Waals surface area contributed by atoms with Crippen LogP contribution >= 0.6 is 0 Å². The van der Waals surface area contributed by atoms with Crippen LogP contribution in [0.3, 0.4) is 0 Å². The maximum absolute atomic E-state index is 3.94. The molecule has 1 N–H and O–H groups in total. The zero-order valence-electron chi connectivity index (χ0n) is 20.3. The molecule has 0 aromatic heterocycles. The van der Waals surface area contributed by atoms with Crippen LogP contribution in [0.15, 0.2) is 133 Å². The van der Waals surface area contributed by atoms with Crippen molar-refractivity contribution in [2.75, 3.05) is 5.32 Å². The van der Waals surface area contributed by atoms with Crippen LogP contribution in [0.1, 0.15) is 44.4 Å². The number of rotatable bonds is 7. The molecule has 1 heteroatoms. The Kier molecular flexibility index (Phi) is 7.78. The third-order valence-electron chi connectivity index (χ3n) is 6.14. The Balaban J connectivity index is 1.89. The molecule has 0 saturated carbocycles. The second-order valence-electron chi connectivity index (χ2n) is 8.71. The molecule has 0 aliphatic heterocycles. The minimum atomic E-state index is -0.000903. The Morgan fingerprint density at radius 2 is 1.68 bits per heavy atom. The molecule has 0 saturated heterocycles. The zero-order chi connectivity index (χ0) is 23.8. The molecule has 1 aliphatic carbocycles. The van der Waals surface area contributed by atoms with Gasteiger partial charge in [-0.2, -0.15) is 0 Å². The van der Waals surface area contributed by atoms with Gasteiger partial charge >= 0.3 is 0 Å². The molecule has 0 fully saturated rings. The molecular formula is C33H33N. The molecule has 1 aliphatic rings. The summed E-state index contributed by atoms with van der Waals surface area (Å²) in [6.07, 6.45) is 20.5. The van der Waals surface area contributed by atoms with Crippen LogP contribution in [0.25, 0.3) is 16.3 Å². The van der Waals surface area contributed by atoms with Crippen LogP contribution in [0.2, 0.25) is 0 Å². The lowest BCUT2D eigenvalue weighted by atomic mass is 9.88. The third kappa shape index (κ3) is 5.38. The summed E-state index contributed by atoms with van der Waals surface area (Å²) >= 11 is 0. The second-order valence-corrected chi connectivity index (χ2v) is 8.71. The van der Waals surface area contributed by atoms with Crippen molar-refractivity contribution in [1.29, 1.82) is 0 Å². The summed E-state index contributed by atoms with van der Waals surface area (Å²) < 4.78 is 0. The molecule has 0 amide bonds. The number of benzene rings is 3. The summed E-state index contributed by atoms with van der Waals surface area (Å²) in [4.78, 5) is 0. The highest BCUT2D eigenvalue weighted by atomic mass is 14.9. The number of fused-ring (bicyclic) bond motifs is 1. The Morgan fingerprint density at radius 1 is 0.882 bits per heavy atom. The normalized spacial score (nSPS) is 14.4. The van der Waals surface area contributed by atoms with Crippen molar-refractivity contribution in [1.82, 2.24) is 0 Å². The fraction of sp³-hybridized carbons (Fsp3) is 0.152. The molecule has 0 spiro atoms. The van der Waals surface area contributed by atoms with Crippen LogP contribution in [0, 0.1) is 0 Å². The van der Waals surface area contributed by atoms with Crippen LogP contribution in [-0.2, 0) is 0 Å². The number of anilines is 1. The van der Waals surface area contributed by atoms with Gasteiger partial charge in [0.05, 0.1) is 6.04 Å². The van der Waals surface area contributed by atoms with Crippen LogP contribution < -0.4 is 5.32 Å². The predicted molar refractivity (Wildman–Crippen MR) is 150 cm³/mol. The van der Waals surface area contributed by atoms with Crippen LogP contribution in [0.4, 0.5) is 5.69 Å². The van der Waals surface area contributed by atoms with Crippen molar-refractivity contribution < 1.29 is 0 Å². The van der Waals surface area contributed by atoms with Gasteiger partial charge in [-0.1, -0.05) is 121 Å². The molecule has 1 nitrogen and oxygen atoms in total. The van der Waals surface area contributed by atoms with Gasteiger partial charge in [-0.3, -0.25) is 0 Å². The molecule has 1 unspecified atom stereocenters. The van der Waals surface area contributed by atoms with Crippen molar-refractivity contribution >= 4 is 22.0 Å². The van der Waals surface area contributed by atoms with Crippen LogP contribution in [-0.4, -0.2) is 0 Å². The van der Waals surface area contributed by atoms with Gasteiger partial charge in [0.1, 0.15) is 0 Å². The van der Waals surface area contributed by atoms with E-state index in [0.29, 0.717) is 0 Å². The van der Waals surface area contributed by atoms with Gasteiger partial charge in [-0.15, -0.1) is 0 Å². The summed E-state index contributed by atoms with van der Waals surface area (Å²) in [5.74, 6) is 0. The van der Waals surface area contributed by atoms with Crippen LogP contribution in [0.5, 0.6) is 0 Å². The lowest BCUT2D eigenvalue weighted by Crippen LogP contribution is -2.16. The standard InChI is InChI=1S/C33H33N/c1-4-5-8-20-28(25(2)3)33(34-32-24-15-19-27-18-11-12-22-30(27)32)31-23-14-13-21-29(31)26-16-9-6-7-10-17-26/h4-9,11-24,33-34H,10H2,1-3H3/b5-4-,20-8-. The van der Waals surface area contributed by atoms with Crippen molar-refractivity contribution in [3.05, 3.63) is 144 Å². The van der Waals surface area contributed by atoms with E-state index in [1.54, 1.807) is 0 Å². The van der Waals surface area contributed by atoms with Crippen molar-refractivity contribution in [3.8, 4) is 0 Å². The highest BCUT2D eigenvalue weighted by Gasteiger charge is 2.21. The summed E-state index contributed by atoms with van der Waals surface area (Å²) in [7, 11) is 0. The minimum absolute atomic E-state index is 0.000903. The Labute approximate surface area is 204 Å². The van der Waals surface area contributed by atoms with E-state index in [1.807, 2.05) is 6.92 Å². The van der Waals surface area contributed by atoms with E-state index < -0.39 is 0 Å². The van der Waals surface area contributed by atoms with Gasteiger partial charge in [0.2, 0.25) is 0 Å². The molecule has 34 heavy (non-hydrogen) atoms. The Morgan fingerprint density at radius 3 is 2.53 bits per heavy atom. The van der Waals surface area contributed by atoms with Crippen molar-refractivity contribution in [2.45, 2.75) is 33.2 Å². The Bertz CT molecular complexity index is 1320. The molecular weight excluding hydrogens is 410 g/mol. The molecule has 0 heterocycles. The van der Waals surface area contributed by atoms with Gasteiger partial charge < -0.3 is 5.32 Å². The van der Waals surface area contributed by atoms with Gasteiger partial charge in [-0.25, -0.2) is 0 Å². The summed E-state index contributed by atoms with van der Waals surface area (Å²) in [5, 5.41) is 6.41. The maximum atomic E-state index is 3.94.